The quantitative estimate of drug-likeness (QED) is 0.188. The van der Waals surface area contributed by atoms with Gasteiger partial charge in [-0.15, -0.1) is 10.2 Å². The van der Waals surface area contributed by atoms with Gasteiger partial charge in [0.1, 0.15) is 12.2 Å². The van der Waals surface area contributed by atoms with Gasteiger partial charge in [0.15, 0.2) is 5.82 Å². The Morgan fingerprint density at radius 1 is 1.02 bits per heavy atom. The lowest BCUT2D eigenvalue weighted by Crippen LogP contribution is -2.51. The van der Waals surface area contributed by atoms with Crippen molar-refractivity contribution >= 4 is 51.7 Å². The lowest BCUT2D eigenvalue weighted by molar-refractivity contribution is -0.351. The molecule has 1 aromatic carbocycles. The Bertz CT molecular complexity index is 1710. The number of halogens is 9. The minimum absolute atomic E-state index is 0.0170. The molecule has 0 saturated carbocycles. The third-order valence-corrected chi connectivity index (χ3v) is 6.82. The Kier molecular flexibility index (Phi) is 9.19. The normalized spacial score (nSPS) is 12.3. The number of aromatic nitrogens is 7. The third-order valence-electron chi connectivity index (χ3n) is 5.90. The predicted octanol–water partition coefficient (Wildman–Crippen LogP) is 5.16. The van der Waals surface area contributed by atoms with Crippen LogP contribution in [0, 0.1) is 10.5 Å². The number of carbonyl (C=O) groups excluding carboxylic acids is 2. The number of tetrazole rings is 1. The van der Waals surface area contributed by atoms with Crippen molar-refractivity contribution in [2.75, 3.05) is 11.9 Å². The van der Waals surface area contributed by atoms with E-state index in [1.165, 1.54) is 18.3 Å². The van der Waals surface area contributed by atoms with Gasteiger partial charge < -0.3 is 10.6 Å². The van der Waals surface area contributed by atoms with E-state index in [2.05, 4.69) is 36.1 Å². The molecular formula is C24H18ClF7IN9O2. The summed E-state index contributed by atoms with van der Waals surface area (Å²) < 4.78 is 94.8. The van der Waals surface area contributed by atoms with Gasteiger partial charge in [0.05, 0.1) is 22.0 Å². The summed E-state index contributed by atoms with van der Waals surface area (Å²) in [5, 5.41) is 18.2. The molecule has 234 valence electrons. The van der Waals surface area contributed by atoms with E-state index in [1.54, 1.807) is 26.0 Å². The molecule has 20 heteroatoms. The number of nitrogens with zero attached hydrogens (tertiary/aromatic N) is 7. The average molecular weight is 760 g/mol. The van der Waals surface area contributed by atoms with Crippen LogP contribution in [-0.2, 0) is 12.2 Å². The van der Waals surface area contributed by atoms with Gasteiger partial charge >= 0.3 is 18.0 Å². The van der Waals surface area contributed by atoms with E-state index in [1.807, 2.05) is 22.6 Å². The summed E-state index contributed by atoms with van der Waals surface area (Å²) >= 11 is 8.25. The summed E-state index contributed by atoms with van der Waals surface area (Å²) in [4.78, 5) is 30.6. The summed E-state index contributed by atoms with van der Waals surface area (Å²) in [5.41, 5.74) is -5.51. The number of anilines is 1. The molecule has 44 heavy (non-hydrogen) atoms. The van der Waals surface area contributed by atoms with Crippen molar-refractivity contribution in [3.63, 3.8) is 0 Å². The van der Waals surface area contributed by atoms with Crippen LogP contribution >= 0.6 is 34.2 Å². The number of alkyl halides is 7. The Labute approximate surface area is 261 Å². The molecule has 0 bridgehead atoms. The molecule has 0 fully saturated rings. The lowest BCUT2D eigenvalue weighted by Gasteiger charge is -2.26. The van der Waals surface area contributed by atoms with E-state index in [0.29, 0.717) is 15.7 Å². The number of aryl methyl sites for hydroxylation is 1. The number of nitrogens with one attached hydrogen (secondary N) is 2. The second-order valence-corrected chi connectivity index (χ2v) is 10.7. The van der Waals surface area contributed by atoms with E-state index < -0.39 is 42.2 Å². The van der Waals surface area contributed by atoms with Crippen LogP contribution in [0.1, 0.15) is 44.9 Å². The largest absolute Gasteiger partial charge is 0.439 e. The number of hydrogen-bond donors (Lipinski definition) is 2. The number of pyridine rings is 1. The number of rotatable bonds is 8. The fraction of sp³-hybridized carbons (Fsp3) is 0.292. The third kappa shape index (κ3) is 6.33. The molecule has 2 amide bonds. The number of benzene rings is 1. The molecular weight excluding hydrogens is 742 g/mol. The first-order valence-electron chi connectivity index (χ1n) is 12.2. The first kappa shape index (κ1) is 33.0. The van der Waals surface area contributed by atoms with Crippen LogP contribution < -0.4 is 10.6 Å². The zero-order valence-corrected chi connectivity index (χ0v) is 25.1. The van der Waals surface area contributed by atoms with Crippen LogP contribution in [0.15, 0.2) is 36.5 Å². The summed E-state index contributed by atoms with van der Waals surface area (Å²) in [6, 6.07) is 7.26. The SMILES string of the molecule is CCNC(=O)c1cc(I)cc(C)c1NC(=O)c1cc(Cn2nnc(C(F)(C(F)(F)F)C(F)(F)F)n2)nn1-c1ncccc1Cl. The van der Waals surface area contributed by atoms with Crippen LogP contribution in [0.4, 0.5) is 36.4 Å². The number of amides is 2. The molecule has 0 spiro atoms. The van der Waals surface area contributed by atoms with E-state index in [0.717, 1.165) is 10.7 Å². The summed E-state index contributed by atoms with van der Waals surface area (Å²) in [6.45, 7) is 2.92. The number of hydrogen-bond acceptors (Lipinski definition) is 7. The highest BCUT2D eigenvalue weighted by Gasteiger charge is 2.76. The zero-order valence-electron chi connectivity index (χ0n) is 22.2. The predicted molar refractivity (Wildman–Crippen MR) is 148 cm³/mol. The van der Waals surface area contributed by atoms with Crippen LogP contribution in [0.3, 0.4) is 0 Å². The van der Waals surface area contributed by atoms with E-state index in [9.17, 15) is 40.3 Å². The van der Waals surface area contributed by atoms with Crippen molar-refractivity contribution in [2.45, 2.75) is 38.4 Å². The molecule has 2 N–H and O–H groups in total. The molecule has 0 saturated heterocycles. The molecule has 3 heterocycles. The lowest BCUT2D eigenvalue weighted by atomic mass is 10.1. The van der Waals surface area contributed by atoms with Gasteiger partial charge in [0.25, 0.3) is 11.8 Å². The minimum atomic E-state index is -6.44. The first-order valence-corrected chi connectivity index (χ1v) is 13.6. The van der Waals surface area contributed by atoms with E-state index in [4.69, 9.17) is 11.6 Å². The molecule has 4 rings (SSSR count). The van der Waals surface area contributed by atoms with Gasteiger partial charge in [-0.1, -0.05) is 11.6 Å². The van der Waals surface area contributed by atoms with Gasteiger partial charge in [-0.05, 0) is 77.5 Å². The van der Waals surface area contributed by atoms with E-state index >= 15 is 0 Å². The molecule has 0 unspecified atom stereocenters. The van der Waals surface area contributed by atoms with Crippen LogP contribution in [0.25, 0.3) is 5.82 Å². The molecule has 0 aliphatic heterocycles. The topological polar surface area (TPSA) is 133 Å². The highest BCUT2D eigenvalue weighted by Crippen LogP contribution is 2.51. The average Bonchev–Trinajstić information content (AvgIpc) is 3.56. The monoisotopic (exact) mass is 759 g/mol. The summed E-state index contributed by atoms with van der Waals surface area (Å²) in [7, 11) is 0. The maximum atomic E-state index is 14.4. The maximum absolute atomic E-state index is 14.4. The van der Waals surface area contributed by atoms with Crippen molar-refractivity contribution in [1.29, 1.82) is 0 Å². The standard InChI is InChI=1S/C24H18ClF7IN9O2/c1-3-34-19(43)14-8-12(33)7-11(2)17(14)36-20(44)16-9-13(38-42(16)18-15(25)5-4-6-35-18)10-41-39-21(37-40-41)22(26,23(27,28)29)24(30,31)32/h4-9H,3,10H2,1-2H3,(H,34,43)(H,36,44). The molecule has 0 aliphatic rings. The van der Waals surface area contributed by atoms with Crippen molar-refractivity contribution in [2.24, 2.45) is 0 Å². The fourth-order valence-corrected chi connectivity index (χ4v) is 4.87. The van der Waals surface area contributed by atoms with E-state index in [-0.39, 0.29) is 38.3 Å². The molecule has 4 aromatic rings. The first-order chi connectivity index (χ1) is 20.5. The van der Waals surface area contributed by atoms with Gasteiger partial charge in [0.2, 0.25) is 5.82 Å². The Morgan fingerprint density at radius 3 is 2.32 bits per heavy atom. The van der Waals surface area contributed by atoms with Gasteiger partial charge in [-0.2, -0.15) is 36.2 Å². The smallest absolute Gasteiger partial charge is 0.352 e. The molecule has 3 aromatic heterocycles. The van der Waals surface area contributed by atoms with Crippen molar-refractivity contribution in [3.8, 4) is 5.82 Å². The summed E-state index contributed by atoms with van der Waals surface area (Å²) in [5.74, 6) is -3.67. The van der Waals surface area contributed by atoms with Crippen LogP contribution in [0.2, 0.25) is 5.02 Å². The van der Waals surface area contributed by atoms with Crippen molar-refractivity contribution < 1.29 is 40.3 Å². The van der Waals surface area contributed by atoms with Gasteiger partial charge in [-0.3, -0.25) is 9.59 Å². The zero-order chi connectivity index (χ0) is 32.6. The highest BCUT2D eigenvalue weighted by atomic mass is 127. The second kappa shape index (κ2) is 12.3. The Hall–Kier alpha value is -3.88. The van der Waals surface area contributed by atoms with Gasteiger partial charge in [-0.25, -0.2) is 14.1 Å². The highest BCUT2D eigenvalue weighted by molar-refractivity contribution is 14.1. The fourth-order valence-electron chi connectivity index (χ4n) is 3.89. The Balaban J connectivity index is 1.75. The minimum Gasteiger partial charge on any atom is -0.352 e. The molecule has 0 radical (unpaired) electrons. The number of carbonyl (C=O) groups is 2. The van der Waals surface area contributed by atoms with Gasteiger partial charge in [0, 0.05) is 16.3 Å². The van der Waals surface area contributed by atoms with Crippen LogP contribution in [-0.4, -0.2) is 65.7 Å². The van der Waals surface area contributed by atoms with Crippen LogP contribution in [0.5, 0.6) is 0 Å². The second-order valence-electron chi connectivity index (χ2n) is 9.00. The molecule has 0 aliphatic carbocycles. The van der Waals surface area contributed by atoms with Crippen molar-refractivity contribution in [1.82, 2.24) is 40.3 Å². The van der Waals surface area contributed by atoms with Crippen molar-refractivity contribution in [3.05, 3.63) is 73.5 Å². The summed E-state index contributed by atoms with van der Waals surface area (Å²) in [6.07, 6.45) is -11.6. The Morgan fingerprint density at radius 2 is 1.70 bits per heavy atom. The molecule has 11 nitrogen and oxygen atoms in total. The maximum Gasteiger partial charge on any atom is 0.439 e. The molecule has 0 atom stereocenters.